The summed E-state index contributed by atoms with van der Waals surface area (Å²) in [6.45, 7) is 0. The molecular formula is C10H5Br2NS. The Morgan fingerprint density at radius 1 is 1.36 bits per heavy atom. The highest BCUT2D eigenvalue weighted by Gasteiger charge is 2.06. The number of hydrogen-bond donors (Lipinski definition) is 0. The van der Waals surface area contributed by atoms with E-state index >= 15 is 0 Å². The lowest BCUT2D eigenvalue weighted by Crippen LogP contribution is -1.73. The fraction of sp³-hybridized carbons (Fsp3) is 0.100. The highest BCUT2D eigenvalue weighted by Crippen LogP contribution is 2.33. The van der Waals surface area contributed by atoms with Crippen molar-refractivity contribution < 1.29 is 0 Å². The normalized spacial score (nSPS) is 10.4. The molecule has 0 spiro atoms. The van der Waals surface area contributed by atoms with E-state index in [0.29, 0.717) is 5.56 Å². The predicted molar refractivity (Wildman–Crippen MR) is 66.9 cm³/mol. The van der Waals surface area contributed by atoms with Gasteiger partial charge in [0, 0.05) is 24.8 Å². The first-order chi connectivity index (χ1) is 6.74. The van der Waals surface area contributed by atoms with E-state index < -0.39 is 0 Å². The van der Waals surface area contributed by atoms with E-state index in [9.17, 15) is 0 Å². The van der Waals surface area contributed by atoms with Crippen molar-refractivity contribution in [3.8, 4) is 6.07 Å². The SMILES string of the molecule is N#Cc1cc(Br)c2cc(CBr)sc2c1. The van der Waals surface area contributed by atoms with Crippen LogP contribution in [0.3, 0.4) is 0 Å². The molecule has 1 aromatic carbocycles. The van der Waals surface area contributed by atoms with Gasteiger partial charge >= 0.3 is 0 Å². The minimum Gasteiger partial charge on any atom is -0.192 e. The Morgan fingerprint density at radius 3 is 2.79 bits per heavy atom. The first-order valence-electron chi connectivity index (χ1n) is 3.92. The van der Waals surface area contributed by atoms with Crippen LogP contribution in [0.2, 0.25) is 0 Å². The third-order valence-corrected chi connectivity index (χ3v) is 4.61. The second-order valence-electron chi connectivity index (χ2n) is 2.83. The number of alkyl halides is 1. The molecule has 0 N–H and O–H groups in total. The Kier molecular flexibility index (Phi) is 2.91. The van der Waals surface area contributed by atoms with E-state index in [1.54, 1.807) is 11.3 Å². The molecule has 0 unspecified atom stereocenters. The molecule has 0 fully saturated rings. The fourth-order valence-electron chi connectivity index (χ4n) is 1.28. The minimum atomic E-state index is 0.701. The Balaban J connectivity index is 2.75. The van der Waals surface area contributed by atoms with Crippen LogP contribution in [0, 0.1) is 11.3 Å². The second kappa shape index (κ2) is 4.01. The van der Waals surface area contributed by atoms with Gasteiger partial charge in [-0.1, -0.05) is 31.9 Å². The van der Waals surface area contributed by atoms with Gasteiger partial charge < -0.3 is 0 Å². The van der Waals surface area contributed by atoms with Crippen molar-refractivity contribution in [2.24, 2.45) is 0 Å². The van der Waals surface area contributed by atoms with Crippen molar-refractivity contribution in [3.05, 3.63) is 33.1 Å². The Labute approximate surface area is 103 Å². The van der Waals surface area contributed by atoms with E-state index in [1.807, 2.05) is 12.1 Å². The number of rotatable bonds is 1. The van der Waals surface area contributed by atoms with Crippen LogP contribution in [-0.2, 0) is 5.33 Å². The van der Waals surface area contributed by atoms with Crippen molar-refractivity contribution >= 4 is 53.3 Å². The maximum atomic E-state index is 8.81. The molecule has 0 aliphatic heterocycles. The molecule has 1 aromatic heterocycles. The number of fused-ring (bicyclic) bond motifs is 1. The highest BCUT2D eigenvalue weighted by molar-refractivity contribution is 9.10. The summed E-state index contributed by atoms with van der Waals surface area (Å²) < 4.78 is 2.15. The quantitative estimate of drug-likeness (QED) is 0.709. The van der Waals surface area contributed by atoms with E-state index in [2.05, 4.69) is 44.0 Å². The van der Waals surface area contributed by atoms with Crippen LogP contribution < -0.4 is 0 Å². The van der Waals surface area contributed by atoms with Crippen LogP contribution in [0.5, 0.6) is 0 Å². The Hall–Kier alpha value is -0.370. The number of thiophene rings is 1. The molecule has 70 valence electrons. The molecule has 4 heteroatoms. The summed E-state index contributed by atoms with van der Waals surface area (Å²) in [4.78, 5) is 1.27. The average Bonchev–Trinajstić information content (AvgIpc) is 2.61. The molecule has 0 bridgehead atoms. The number of nitriles is 1. The molecule has 0 atom stereocenters. The van der Waals surface area contributed by atoms with Gasteiger partial charge in [0.1, 0.15) is 0 Å². The molecule has 1 heterocycles. The minimum absolute atomic E-state index is 0.701. The molecule has 0 radical (unpaired) electrons. The third kappa shape index (κ3) is 1.72. The van der Waals surface area contributed by atoms with Gasteiger partial charge in [0.15, 0.2) is 0 Å². The summed E-state index contributed by atoms with van der Waals surface area (Å²) in [7, 11) is 0. The van der Waals surface area contributed by atoms with Crippen LogP contribution in [0.15, 0.2) is 22.7 Å². The summed E-state index contributed by atoms with van der Waals surface area (Å²) in [5.41, 5.74) is 0.701. The Bertz CT molecular complexity index is 525. The lowest BCUT2D eigenvalue weighted by atomic mass is 10.2. The topological polar surface area (TPSA) is 23.8 Å². The summed E-state index contributed by atoms with van der Waals surface area (Å²) in [5.74, 6) is 0. The average molecular weight is 331 g/mol. The molecule has 1 nitrogen and oxygen atoms in total. The lowest BCUT2D eigenvalue weighted by molar-refractivity contribution is 1.49. The Morgan fingerprint density at radius 2 is 2.14 bits per heavy atom. The van der Waals surface area contributed by atoms with Gasteiger partial charge in [-0.05, 0) is 18.2 Å². The van der Waals surface area contributed by atoms with Crippen molar-refractivity contribution in [2.75, 3.05) is 0 Å². The maximum absolute atomic E-state index is 8.81. The third-order valence-electron chi connectivity index (χ3n) is 1.90. The van der Waals surface area contributed by atoms with Gasteiger partial charge in [-0.2, -0.15) is 5.26 Å². The van der Waals surface area contributed by atoms with Crippen LogP contribution in [0.1, 0.15) is 10.4 Å². The largest absolute Gasteiger partial charge is 0.192 e. The first-order valence-corrected chi connectivity index (χ1v) is 6.65. The molecule has 0 aliphatic carbocycles. The zero-order valence-electron chi connectivity index (χ0n) is 7.05. The maximum Gasteiger partial charge on any atom is 0.0992 e. The van der Waals surface area contributed by atoms with Crippen molar-refractivity contribution in [3.63, 3.8) is 0 Å². The molecule has 14 heavy (non-hydrogen) atoms. The van der Waals surface area contributed by atoms with Crippen LogP contribution in [-0.4, -0.2) is 0 Å². The number of halogens is 2. The summed E-state index contributed by atoms with van der Waals surface area (Å²) in [6.07, 6.45) is 0. The number of hydrogen-bond acceptors (Lipinski definition) is 2. The monoisotopic (exact) mass is 329 g/mol. The molecule has 0 amide bonds. The van der Waals surface area contributed by atoms with Gasteiger partial charge in [0.25, 0.3) is 0 Å². The van der Waals surface area contributed by atoms with Crippen LogP contribution >= 0.6 is 43.2 Å². The van der Waals surface area contributed by atoms with E-state index in [4.69, 9.17) is 5.26 Å². The van der Waals surface area contributed by atoms with Crippen molar-refractivity contribution in [1.82, 2.24) is 0 Å². The number of nitrogens with zero attached hydrogens (tertiary/aromatic N) is 1. The zero-order chi connectivity index (χ0) is 10.1. The first kappa shape index (κ1) is 10.2. The molecule has 2 rings (SSSR count). The highest BCUT2D eigenvalue weighted by atomic mass is 79.9. The number of benzene rings is 1. The van der Waals surface area contributed by atoms with Crippen LogP contribution in [0.25, 0.3) is 10.1 Å². The smallest absolute Gasteiger partial charge is 0.0992 e. The van der Waals surface area contributed by atoms with E-state index in [1.165, 1.54) is 10.3 Å². The molecule has 0 saturated heterocycles. The standard InChI is InChI=1S/C10H5Br2NS/c11-4-7-3-8-9(12)1-6(5-13)2-10(8)14-7/h1-3H,4H2. The van der Waals surface area contributed by atoms with E-state index in [-0.39, 0.29) is 0 Å². The summed E-state index contributed by atoms with van der Waals surface area (Å²) in [5, 5.41) is 10.9. The second-order valence-corrected chi connectivity index (χ2v) is 5.41. The lowest BCUT2D eigenvalue weighted by Gasteiger charge is -1.94. The van der Waals surface area contributed by atoms with Gasteiger partial charge in [-0.3, -0.25) is 0 Å². The predicted octanol–water partition coefficient (Wildman–Crippen LogP) is 4.43. The van der Waals surface area contributed by atoms with E-state index in [0.717, 1.165) is 14.5 Å². The van der Waals surface area contributed by atoms with Crippen LogP contribution in [0.4, 0.5) is 0 Å². The van der Waals surface area contributed by atoms with Crippen molar-refractivity contribution in [2.45, 2.75) is 5.33 Å². The zero-order valence-corrected chi connectivity index (χ0v) is 11.0. The molecule has 0 saturated carbocycles. The van der Waals surface area contributed by atoms with Gasteiger partial charge in [-0.15, -0.1) is 11.3 Å². The van der Waals surface area contributed by atoms with Gasteiger partial charge in [-0.25, -0.2) is 0 Å². The van der Waals surface area contributed by atoms with Crippen molar-refractivity contribution in [1.29, 1.82) is 5.26 Å². The van der Waals surface area contributed by atoms with Gasteiger partial charge in [0.05, 0.1) is 11.6 Å². The fourth-order valence-corrected chi connectivity index (χ4v) is 3.47. The molecule has 0 aliphatic rings. The summed E-state index contributed by atoms with van der Waals surface area (Å²) >= 11 is 8.61. The molecular weight excluding hydrogens is 326 g/mol. The summed E-state index contributed by atoms with van der Waals surface area (Å²) in [6, 6.07) is 8.07. The molecule has 2 aromatic rings. The van der Waals surface area contributed by atoms with Gasteiger partial charge in [0.2, 0.25) is 0 Å².